The van der Waals surface area contributed by atoms with Gasteiger partial charge in [0.05, 0.1) is 6.54 Å². The molecule has 0 radical (unpaired) electrons. The van der Waals surface area contributed by atoms with E-state index in [1.54, 1.807) is 35.0 Å². The maximum absolute atomic E-state index is 13.5. The summed E-state index contributed by atoms with van der Waals surface area (Å²) in [6.45, 7) is 4.45. The third kappa shape index (κ3) is 4.40. The number of nitrogens with one attached hydrogen (secondary N) is 1. The predicted molar refractivity (Wildman–Crippen MR) is 138 cm³/mol. The molecular formula is C28H26N6O2. The molecule has 8 nitrogen and oxygen atoms in total. The number of tetrazole rings is 1. The molecule has 180 valence electrons. The van der Waals surface area contributed by atoms with Crippen molar-refractivity contribution in [2.45, 2.75) is 32.7 Å². The van der Waals surface area contributed by atoms with Crippen LogP contribution in [0.1, 0.15) is 47.8 Å². The molecule has 2 aromatic heterocycles. The van der Waals surface area contributed by atoms with Gasteiger partial charge >= 0.3 is 5.69 Å². The number of imidazole rings is 1. The molecule has 2 heterocycles. The molecule has 0 amide bonds. The van der Waals surface area contributed by atoms with E-state index in [4.69, 9.17) is 0 Å². The molecule has 1 N–H and O–H groups in total. The minimum atomic E-state index is -0.353. The number of hydrogen-bond donors (Lipinski definition) is 1. The van der Waals surface area contributed by atoms with E-state index in [-0.39, 0.29) is 17.5 Å². The molecular weight excluding hydrogens is 452 g/mol. The van der Waals surface area contributed by atoms with Gasteiger partial charge in [0, 0.05) is 23.0 Å². The van der Waals surface area contributed by atoms with Gasteiger partial charge in [0.15, 0.2) is 5.82 Å². The van der Waals surface area contributed by atoms with Gasteiger partial charge in [-0.25, -0.2) is 14.5 Å². The summed E-state index contributed by atoms with van der Waals surface area (Å²) in [4.78, 5) is 26.6. The van der Waals surface area contributed by atoms with Crippen molar-refractivity contribution in [3.05, 3.63) is 112 Å². The average molecular weight is 479 g/mol. The molecule has 0 aliphatic carbocycles. The SMILES string of the molecule is CCC(C)c1cn(C(=O)c2ccccc2)c(=O)n1Cc1ccc(-c2ccccc2)c(-c2nnn[nH]2)c1. The normalized spacial score (nSPS) is 11.9. The number of hydrogen-bond acceptors (Lipinski definition) is 5. The Kier molecular flexibility index (Phi) is 6.40. The van der Waals surface area contributed by atoms with Crippen LogP contribution >= 0.6 is 0 Å². The summed E-state index contributed by atoms with van der Waals surface area (Å²) in [5.41, 5.74) is 4.69. The molecule has 0 saturated heterocycles. The van der Waals surface area contributed by atoms with E-state index >= 15 is 0 Å². The molecule has 0 saturated carbocycles. The molecule has 0 spiro atoms. The fourth-order valence-electron chi connectivity index (χ4n) is 4.34. The lowest BCUT2D eigenvalue weighted by molar-refractivity contribution is 0.0955. The highest BCUT2D eigenvalue weighted by molar-refractivity contribution is 5.95. The third-order valence-electron chi connectivity index (χ3n) is 6.48. The summed E-state index contributed by atoms with van der Waals surface area (Å²) in [6, 6.07) is 24.9. The predicted octanol–water partition coefficient (Wildman–Crippen LogP) is 4.75. The standard InChI is InChI=1S/C28H26N6O2/c1-3-19(2)25-18-34(27(35)22-12-8-5-9-13-22)28(36)33(25)17-20-14-15-23(21-10-6-4-7-11-21)24(16-20)26-29-31-32-30-26/h4-16,18-19H,3,17H2,1-2H3,(H,29,30,31,32). The molecule has 8 heteroatoms. The van der Waals surface area contributed by atoms with Gasteiger partial charge in [-0.05, 0) is 57.7 Å². The van der Waals surface area contributed by atoms with Crippen molar-refractivity contribution in [2.75, 3.05) is 0 Å². The Labute approximate surface area is 208 Å². The summed E-state index contributed by atoms with van der Waals surface area (Å²) in [7, 11) is 0. The highest BCUT2D eigenvalue weighted by Gasteiger charge is 2.21. The largest absolute Gasteiger partial charge is 0.335 e. The van der Waals surface area contributed by atoms with E-state index in [0.29, 0.717) is 17.9 Å². The van der Waals surface area contributed by atoms with Gasteiger partial charge in [0.1, 0.15) is 0 Å². The smallest absolute Gasteiger partial charge is 0.291 e. The van der Waals surface area contributed by atoms with Gasteiger partial charge < -0.3 is 0 Å². The number of carbonyl (C=O) groups excluding carboxylic acids is 1. The molecule has 0 aliphatic rings. The minimum absolute atomic E-state index is 0.101. The van der Waals surface area contributed by atoms with Crippen molar-refractivity contribution in [3.63, 3.8) is 0 Å². The first-order valence-corrected chi connectivity index (χ1v) is 11.9. The first-order valence-electron chi connectivity index (χ1n) is 11.9. The molecule has 3 aromatic carbocycles. The molecule has 36 heavy (non-hydrogen) atoms. The average Bonchev–Trinajstić information content (AvgIpc) is 3.58. The molecule has 1 unspecified atom stereocenters. The number of benzene rings is 3. The minimum Gasteiger partial charge on any atom is -0.291 e. The Morgan fingerprint density at radius 2 is 1.69 bits per heavy atom. The van der Waals surface area contributed by atoms with E-state index in [1.807, 2.05) is 54.6 Å². The van der Waals surface area contributed by atoms with Crippen molar-refractivity contribution >= 4 is 5.91 Å². The number of rotatable bonds is 7. The van der Waals surface area contributed by atoms with Crippen LogP contribution in [0.15, 0.2) is 89.9 Å². The lowest BCUT2D eigenvalue weighted by atomic mass is 9.97. The van der Waals surface area contributed by atoms with Crippen molar-refractivity contribution in [2.24, 2.45) is 0 Å². The molecule has 0 bridgehead atoms. The third-order valence-corrected chi connectivity index (χ3v) is 6.48. The van der Waals surface area contributed by atoms with Crippen LogP contribution < -0.4 is 5.69 Å². The first kappa shape index (κ1) is 23.2. The van der Waals surface area contributed by atoms with Crippen LogP contribution in [0.5, 0.6) is 0 Å². The zero-order valence-electron chi connectivity index (χ0n) is 20.1. The second kappa shape index (κ2) is 9.95. The van der Waals surface area contributed by atoms with Crippen LogP contribution in [0, 0.1) is 0 Å². The molecule has 0 fully saturated rings. The Morgan fingerprint density at radius 1 is 0.972 bits per heavy atom. The molecule has 1 atom stereocenters. The van der Waals surface area contributed by atoms with E-state index in [0.717, 1.165) is 34.4 Å². The zero-order valence-corrected chi connectivity index (χ0v) is 20.1. The zero-order chi connectivity index (χ0) is 25.1. The highest BCUT2D eigenvalue weighted by atomic mass is 16.2. The molecule has 0 aliphatic heterocycles. The van der Waals surface area contributed by atoms with Gasteiger partial charge in [0.2, 0.25) is 0 Å². The quantitative estimate of drug-likeness (QED) is 0.364. The number of aromatic amines is 1. The number of H-pyrrole nitrogens is 1. The highest BCUT2D eigenvalue weighted by Crippen LogP contribution is 2.31. The van der Waals surface area contributed by atoms with Crippen molar-refractivity contribution < 1.29 is 4.79 Å². The second-order valence-corrected chi connectivity index (χ2v) is 8.77. The topological polar surface area (TPSA) is 98.5 Å². The van der Waals surface area contributed by atoms with Gasteiger partial charge in [-0.15, -0.1) is 5.10 Å². The number of carbonyl (C=O) groups is 1. The fraction of sp³-hybridized carbons (Fsp3) is 0.179. The lowest BCUT2D eigenvalue weighted by Gasteiger charge is -2.14. The second-order valence-electron chi connectivity index (χ2n) is 8.77. The summed E-state index contributed by atoms with van der Waals surface area (Å²) in [6.07, 6.45) is 2.52. The van der Waals surface area contributed by atoms with Crippen LogP contribution in [0.25, 0.3) is 22.5 Å². The molecule has 5 rings (SSSR count). The first-order chi connectivity index (χ1) is 17.6. The molecule has 5 aromatic rings. The van der Waals surface area contributed by atoms with E-state index in [1.165, 1.54) is 4.57 Å². The maximum atomic E-state index is 13.5. The van der Waals surface area contributed by atoms with Crippen LogP contribution in [0.4, 0.5) is 0 Å². The monoisotopic (exact) mass is 478 g/mol. The lowest BCUT2D eigenvalue weighted by Crippen LogP contribution is -2.30. The summed E-state index contributed by atoms with van der Waals surface area (Å²) in [5, 5.41) is 14.5. The van der Waals surface area contributed by atoms with Crippen molar-refractivity contribution in [1.29, 1.82) is 0 Å². The Hall–Kier alpha value is -4.59. The van der Waals surface area contributed by atoms with Gasteiger partial charge in [-0.1, -0.05) is 74.5 Å². The van der Waals surface area contributed by atoms with E-state index in [9.17, 15) is 9.59 Å². The maximum Gasteiger partial charge on any atom is 0.335 e. The Morgan fingerprint density at radius 3 is 2.36 bits per heavy atom. The van der Waals surface area contributed by atoms with E-state index < -0.39 is 0 Å². The fourth-order valence-corrected chi connectivity index (χ4v) is 4.34. The number of aromatic nitrogens is 6. The van der Waals surface area contributed by atoms with Crippen LogP contribution in [-0.2, 0) is 6.54 Å². The Balaban J connectivity index is 1.58. The summed E-state index contributed by atoms with van der Waals surface area (Å²) < 4.78 is 2.91. The van der Waals surface area contributed by atoms with Crippen molar-refractivity contribution in [1.82, 2.24) is 29.8 Å². The van der Waals surface area contributed by atoms with Gasteiger partial charge in [-0.2, -0.15) is 0 Å². The Bertz CT molecular complexity index is 1540. The van der Waals surface area contributed by atoms with Crippen LogP contribution in [0.3, 0.4) is 0 Å². The van der Waals surface area contributed by atoms with Crippen LogP contribution in [0.2, 0.25) is 0 Å². The van der Waals surface area contributed by atoms with Gasteiger partial charge in [0.25, 0.3) is 5.91 Å². The number of nitrogens with zero attached hydrogens (tertiary/aromatic N) is 5. The van der Waals surface area contributed by atoms with Crippen molar-refractivity contribution in [3.8, 4) is 22.5 Å². The van der Waals surface area contributed by atoms with E-state index in [2.05, 4.69) is 34.5 Å². The van der Waals surface area contributed by atoms with Crippen LogP contribution in [-0.4, -0.2) is 35.7 Å². The van der Waals surface area contributed by atoms with Gasteiger partial charge in [-0.3, -0.25) is 9.36 Å². The summed E-state index contributed by atoms with van der Waals surface area (Å²) in [5.74, 6) is 0.308. The summed E-state index contributed by atoms with van der Waals surface area (Å²) >= 11 is 0.